The van der Waals surface area contributed by atoms with Crippen molar-refractivity contribution in [3.8, 4) is 0 Å². The van der Waals surface area contributed by atoms with Crippen LogP contribution in [0.2, 0.25) is 4.34 Å². The molecule has 9 heteroatoms. The van der Waals surface area contributed by atoms with Gasteiger partial charge in [0.25, 0.3) is 15.8 Å². The van der Waals surface area contributed by atoms with Crippen molar-refractivity contribution in [3.63, 3.8) is 0 Å². The van der Waals surface area contributed by atoms with Crippen molar-refractivity contribution in [1.82, 2.24) is 0 Å². The summed E-state index contributed by atoms with van der Waals surface area (Å²) in [4.78, 5) is 0.161. The second kappa shape index (κ2) is 6.30. The van der Waals surface area contributed by atoms with Crippen LogP contribution in [0.5, 0.6) is 0 Å². The van der Waals surface area contributed by atoms with Crippen LogP contribution < -0.4 is 4.72 Å². The molecule has 0 spiro atoms. The van der Waals surface area contributed by atoms with Crippen molar-refractivity contribution in [2.75, 3.05) is 4.72 Å². The van der Waals surface area contributed by atoms with Gasteiger partial charge in [-0.1, -0.05) is 35.5 Å². The molecule has 0 saturated carbocycles. The SMILES string of the molecule is O=S(=O)(Nc1ccccc1SC(F)F)c1ccc(Cl)s1. The van der Waals surface area contributed by atoms with Crippen molar-refractivity contribution >= 4 is 50.4 Å². The lowest BCUT2D eigenvalue weighted by atomic mass is 10.3. The Morgan fingerprint density at radius 1 is 1.20 bits per heavy atom. The number of thiophene rings is 1. The molecule has 0 saturated heterocycles. The quantitative estimate of drug-likeness (QED) is 0.802. The lowest BCUT2D eigenvalue weighted by Gasteiger charge is -2.10. The molecule has 0 amide bonds. The van der Waals surface area contributed by atoms with Crippen LogP contribution in [0.25, 0.3) is 0 Å². The Kier molecular flexibility index (Phi) is 4.90. The molecule has 1 N–H and O–H groups in total. The number of para-hydroxylation sites is 1. The summed E-state index contributed by atoms with van der Waals surface area (Å²) in [7, 11) is -3.82. The van der Waals surface area contributed by atoms with E-state index >= 15 is 0 Å². The Labute approximate surface area is 128 Å². The minimum Gasteiger partial charge on any atom is -0.278 e. The fourth-order valence-electron chi connectivity index (χ4n) is 1.39. The van der Waals surface area contributed by atoms with Gasteiger partial charge in [0.05, 0.1) is 10.0 Å². The summed E-state index contributed by atoms with van der Waals surface area (Å²) >= 11 is 6.87. The second-order valence-electron chi connectivity index (χ2n) is 3.54. The van der Waals surface area contributed by atoms with E-state index in [1.165, 1.54) is 24.3 Å². The third-order valence-electron chi connectivity index (χ3n) is 2.16. The van der Waals surface area contributed by atoms with E-state index < -0.39 is 15.8 Å². The Morgan fingerprint density at radius 2 is 1.90 bits per heavy atom. The second-order valence-corrected chi connectivity index (χ2v) is 8.19. The van der Waals surface area contributed by atoms with Crippen molar-refractivity contribution in [2.24, 2.45) is 0 Å². The van der Waals surface area contributed by atoms with Gasteiger partial charge in [-0.25, -0.2) is 8.42 Å². The lowest BCUT2D eigenvalue weighted by molar-refractivity contribution is 0.252. The molecule has 2 aromatic rings. The molecule has 1 aromatic heterocycles. The van der Waals surface area contributed by atoms with Crippen molar-refractivity contribution in [1.29, 1.82) is 0 Å². The van der Waals surface area contributed by atoms with E-state index in [2.05, 4.69) is 4.72 Å². The number of rotatable bonds is 5. The molecule has 0 aliphatic heterocycles. The molecular weight excluding hydrogens is 348 g/mol. The first-order valence-corrected chi connectivity index (χ1v) is 8.76. The number of sulfonamides is 1. The summed E-state index contributed by atoms with van der Waals surface area (Å²) in [6.45, 7) is 0. The molecule has 0 fully saturated rings. The molecule has 0 aliphatic rings. The van der Waals surface area contributed by atoms with Crippen LogP contribution in [-0.2, 0) is 10.0 Å². The average molecular weight is 356 g/mol. The summed E-state index contributed by atoms with van der Waals surface area (Å²) in [6, 6.07) is 8.80. The molecule has 0 aliphatic carbocycles. The molecule has 3 nitrogen and oxygen atoms in total. The van der Waals surface area contributed by atoms with E-state index in [0.29, 0.717) is 4.34 Å². The first kappa shape index (κ1) is 15.6. The molecule has 20 heavy (non-hydrogen) atoms. The van der Waals surface area contributed by atoms with Crippen molar-refractivity contribution < 1.29 is 17.2 Å². The third kappa shape index (κ3) is 3.85. The van der Waals surface area contributed by atoms with Gasteiger partial charge in [-0.3, -0.25) is 4.72 Å². The van der Waals surface area contributed by atoms with Gasteiger partial charge in [0.15, 0.2) is 0 Å². The fraction of sp³-hybridized carbons (Fsp3) is 0.0909. The molecule has 0 unspecified atom stereocenters. The number of anilines is 1. The van der Waals surface area contributed by atoms with Crippen molar-refractivity contribution in [3.05, 3.63) is 40.7 Å². The lowest BCUT2D eigenvalue weighted by Crippen LogP contribution is -2.12. The highest BCUT2D eigenvalue weighted by atomic mass is 35.5. The van der Waals surface area contributed by atoms with Gasteiger partial charge in [-0.2, -0.15) is 8.78 Å². The number of hydrogen-bond donors (Lipinski definition) is 1. The number of benzene rings is 1. The van der Waals surface area contributed by atoms with Crippen LogP contribution in [-0.4, -0.2) is 14.2 Å². The number of nitrogens with one attached hydrogen (secondary N) is 1. The summed E-state index contributed by atoms with van der Waals surface area (Å²) < 4.78 is 51.7. The van der Waals surface area contributed by atoms with Gasteiger partial charge < -0.3 is 0 Å². The van der Waals surface area contributed by atoms with Gasteiger partial charge in [0.2, 0.25) is 0 Å². The monoisotopic (exact) mass is 355 g/mol. The van der Waals surface area contributed by atoms with Crippen LogP contribution in [0.1, 0.15) is 0 Å². The van der Waals surface area contributed by atoms with Crippen LogP contribution >= 0.6 is 34.7 Å². The zero-order valence-electron chi connectivity index (χ0n) is 9.72. The number of alkyl halides is 2. The van der Waals surface area contributed by atoms with Gasteiger partial charge >= 0.3 is 0 Å². The Bertz CT molecular complexity index is 703. The van der Waals surface area contributed by atoms with E-state index in [1.54, 1.807) is 12.1 Å². The standard InChI is InChI=1S/C11H8ClF2NO2S3/c12-9-5-6-10(19-9)20(16,17)15-7-3-1-2-4-8(7)18-11(13)14/h1-6,11,15H. The predicted molar refractivity (Wildman–Crippen MR) is 78.4 cm³/mol. The zero-order valence-corrected chi connectivity index (χ0v) is 12.9. The largest absolute Gasteiger partial charge is 0.288 e. The summed E-state index contributed by atoms with van der Waals surface area (Å²) in [5.41, 5.74) is 0.113. The topological polar surface area (TPSA) is 46.2 Å². The van der Waals surface area contributed by atoms with E-state index in [-0.39, 0.29) is 26.6 Å². The molecule has 1 aromatic carbocycles. The molecule has 0 radical (unpaired) electrons. The minimum absolute atomic E-state index is 0.0272. The number of hydrogen-bond acceptors (Lipinski definition) is 4. The number of halogens is 3. The Hall–Kier alpha value is -0.830. The summed E-state index contributed by atoms with van der Waals surface area (Å²) in [5.74, 6) is -2.63. The molecule has 0 atom stereocenters. The van der Waals surface area contributed by atoms with E-state index in [9.17, 15) is 17.2 Å². The van der Waals surface area contributed by atoms with Gasteiger partial charge in [0.1, 0.15) is 4.21 Å². The van der Waals surface area contributed by atoms with Crippen LogP contribution in [0.3, 0.4) is 0 Å². The van der Waals surface area contributed by atoms with Gasteiger partial charge in [-0.05, 0) is 24.3 Å². The first-order valence-electron chi connectivity index (χ1n) is 5.20. The van der Waals surface area contributed by atoms with Crippen molar-refractivity contribution in [2.45, 2.75) is 14.9 Å². The fourth-order valence-corrected chi connectivity index (χ4v) is 4.61. The Morgan fingerprint density at radius 3 is 2.50 bits per heavy atom. The highest BCUT2D eigenvalue weighted by molar-refractivity contribution is 8.00. The van der Waals surface area contributed by atoms with Crippen LogP contribution in [0.4, 0.5) is 14.5 Å². The maximum atomic E-state index is 12.4. The maximum absolute atomic E-state index is 12.4. The summed E-state index contributed by atoms with van der Waals surface area (Å²) in [6.07, 6.45) is 0. The normalized spacial score (nSPS) is 11.8. The molecule has 0 bridgehead atoms. The van der Waals surface area contributed by atoms with Gasteiger partial charge in [-0.15, -0.1) is 11.3 Å². The molecular formula is C11H8ClF2NO2S3. The van der Waals surface area contributed by atoms with Crippen LogP contribution in [0.15, 0.2) is 45.5 Å². The Balaban J connectivity index is 2.30. The number of thioether (sulfide) groups is 1. The first-order chi connectivity index (χ1) is 9.38. The smallest absolute Gasteiger partial charge is 0.278 e. The highest BCUT2D eigenvalue weighted by Crippen LogP contribution is 2.34. The maximum Gasteiger partial charge on any atom is 0.288 e. The van der Waals surface area contributed by atoms with E-state index in [4.69, 9.17) is 11.6 Å². The third-order valence-corrected chi connectivity index (χ3v) is 6.04. The molecule has 108 valence electrons. The van der Waals surface area contributed by atoms with E-state index in [0.717, 1.165) is 11.3 Å². The minimum atomic E-state index is -3.82. The van der Waals surface area contributed by atoms with Crippen LogP contribution in [0, 0.1) is 0 Å². The molecule has 2 rings (SSSR count). The highest BCUT2D eigenvalue weighted by Gasteiger charge is 2.19. The summed E-state index contributed by atoms with van der Waals surface area (Å²) in [5, 5.41) is 0. The van der Waals surface area contributed by atoms with E-state index in [1.807, 2.05) is 0 Å². The zero-order chi connectivity index (χ0) is 14.8. The van der Waals surface area contributed by atoms with Gasteiger partial charge in [0, 0.05) is 4.90 Å². The average Bonchev–Trinajstić information content (AvgIpc) is 2.78. The molecule has 1 heterocycles. The predicted octanol–water partition coefficient (Wildman–Crippen LogP) is 4.52.